The van der Waals surface area contributed by atoms with E-state index in [1.807, 2.05) is 0 Å². The van der Waals surface area contributed by atoms with Crippen LogP contribution in [0.1, 0.15) is 16.2 Å². The van der Waals surface area contributed by atoms with Gasteiger partial charge >= 0.3 is 0 Å². The molecule has 0 aliphatic heterocycles. The number of nitrogens with one attached hydrogen (secondary N) is 2. The number of anilines is 1. The zero-order valence-corrected chi connectivity index (χ0v) is 21.5. The van der Waals surface area contributed by atoms with E-state index in [9.17, 15) is 14.0 Å². The molecule has 0 aliphatic rings. The topological polar surface area (TPSA) is 115 Å². The number of aromatic amines is 1. The number of halogens is 2. The van der Waals surface area contributed by atoms with E-state index >= 15 is 4.39 Å². The fourth-order valence-corrected chi connectivity index (χ4v) is 4.16. The number of fused-ring (bicyclic) bond motifs is 1. The molecule has 1 amide bonds. The van der Waals surface area contributed by atoms with Crippen molar-refractivity contribution in [3.05, 3.63) is 100 Å². The van der Waals surface area contributed by atoms with Crippen molar-refractivity contribution in [2.45, 2.75) is 6.92 Å². The summed E-state index contributed by atoms with van der Waals surface area (Å²) in [6.45, 7) is 1.61. The van der Waals surface area contributed by atoms with Crippen molar-refractivity contribution in [3.63, 3.8) is 0 Å². The normalized spacial score (nSPS) is 10.8. The molecule has 0 saturated heterocycles. The van der Waals surface area contributed by atoms with Crippen LogP contribution in [-0.2, 0) is 0 Å². The first-order valence-corrected chi connectivity index (χ1v) is 11.9. The molecule has 2 aromatic heterocycles. The Morgan fingerprint density at radius 3 is 2.33 bits per heavy atom. The number of carbonyl (C=O) groups is 1. The Balaban J connectivity index is 1.40. The average molecular weight is 545 g/mol. The number of aryl methyl sites for hydroxylation is 1. The molecule has 0 unspecified atom stereocenters. The first-order chi connectivity index (χ1) is 19.3. The van der Waals surface area contributed by atoms with Crippen molar-refractivity contribution in [1.29, 1.82) is 0 Å². The number of rotatable bonds is 7. The smallest absolute Gasteiger partial charge is 0.280 e. The predicted molar refractivity (Wildman–Crippen MR) is 144 cm³/mol. The molecular weight excluding hydrogens is 522 g/mol. The largest absolute Gasteiger partial charge is 0.493 e. The molecule has 2 heterocycles. The van der Waals surface area contributed by atoms with Gasteiger partial charge in [0.05, 0.1) is 25.3 Å². The number of amides is 1. The third-order valence-electron chi connectivity index (χ3n) is 6.12. The van der Waals surface area contributed by atoms with Crippen LogP contribution in [0, 0.1) is 18.6 Å². The Labute approximate surface area is 226 Å². The summed E-state index contributed by atoms with van der Waals surface area (Å²) in [4.78, 5) is 30.3. The van der Waals surface area contributed by atoms with E-state index in [1.54, 1.807) is 25.1 Å². The molecule has 0 bridgehead atoms. The van der Waals surface area contributed by atoms with Gasteiger partial charge in [-0.15, -0.1) is 0 Å². The van der Waals surface area contributed by atoms with Gasteiger partial charge in [-0.25, -0.2) is 8.78 Å². The SMILES string of the molecule is COc1cc2nccc(Oc3ccc(NC(=O)c4n[nH]c(C)c(-c5ccc(F)cc5)c4=O)cc3F)c2cc1OC. The van der Waals surface area contributed by atoms with Crippen LogP contribution in [0.4, 0.5) is 14.5 Å². The highest BCUT2D eigenvalue weighted by Crippen LogP contribution is 2.37. The molecule has 0 radical (unpaired) electrons. The number of nitrogens with zero attached hydrogens (tertiary/aromatic N) is 2. The number of methoxy groups -OCH3 is 2. The van der Waals surface area contributed by atoms with E-state index in [-0.39, 0.29) is 17.0 Å². The molecule has 11 heteroatoms. The van der Waals surface area contributed by atoms with Crippen LogP contribution in [0.3, 0.4) is 0 Å². The Hall–Kier alpha value is -5.32. The number of aromatic nitrogens is 3. The van der Waals surface area contributed by atoms with Crippen LogP contribution in [0.25, 0.3) is 22.0 Å². The van der Waals surface area contributed by atoms with Gasteiger partial charge in [0, 0.05) is 35.1 Å². The molecule has 40 heavy (non-hydrogen) atoms. The lowest BCUT2D eigenvalue weighted by Crippen LogP contribution is -2.26. The van der Waals surface area contributed by atoms with E-state index in [2.05, 4.69) is 20.5 Å². The van der Waals surface area contributed by atoms with Crippen LogP contribution >= 0.6 is 0 Å². The van der Waals surface area contributed by atoms with Crippen molar-refractivity contribution in [1.82, 2.24) is 15.2 Å². The van der Waals surface area contributed by atoms with Gasteiger partial charge in [0.15, 0.2) is 28.8 Å². The van der Waals surface area contributed by atoms with Crippen molar-refractivity contribution >= 4 is 22.5 Å². The number of hydrogen-bond donors (Lipinski definition) is 2. The minimum atomic E-state index is -0.848. The van der Waals surface area contributed by atoms with Gasteiger partial charge in [-0.05, 0) is 48.9 Å². The molecule has 0 spiro atoms. The third kappa shape index (κ3) is 5.04. The zero-order valence-electron chi connectivity index (χ0n) is 21.5. The summed E-state index contributed by atoms with van der Waals surface area (Å²) in [6.07, 6.45) is 1.52. The van der Waals surface area contributed by atoms with Crippen LogP contribution in [0.15, 0.2) is 71.7 Å². The predicted octanol–water partition coefficient (Wildman–Crippen LogP) is 5.63. The summed E-state index contributed by atoms with van der Waals surface area (Å²) in [5, 5.41) is 9.55. The van der Waals surface area contributed by atoms with E-state index in [0.717, 1.165) is 6.07 Å². The standard InChI is InChI=1S/C29H22F2N4O5/c1-15-26(16-4-6-17(30)7-5-16)28(36)27(35-34-15)29(37)33-18-8-9-23(20(31)12-18)40-22-10-11-32-21-14-25(39-3)24(38-2)13-19(21)22/h4-14H,1-3H3,(H,33,37)(H,34,36). The molecule has 202 valence electrons. The monoisotopic (exact) mass is 544 g/mol. The molecule has 0 fully saturated rings. The van der Waals surface area contributed by atoms with Gasteiger partial charge in [-0.1, -0.05) is 12.1 Å². The molecule has 5 aromatic rings. The molecule has 3 aromatic carbocycles. The molecule has 0 saturated carbocycles. The van der Waals surface area contributed by atoms with Crippen LogP contribution in [-0.4, -0.2) is 35.3 Å². The second kappa shape index (κ2) is 10.8. The van der Waals surface area contributed by atoms with E-state index in [0.29, 0.717) is 39.4 Å². The van der Waals surface area contributed by atoms with Crippen LogP contribution in [0.2, 0.25) is 0 Å². The second-order valence-corrected chi connectivity index (χ2v) is 8.64. The molecule has 0 atom stereocenters. The fraction of sp³-hybridized carbons (Fsp3) is 0.103. The van der Waals surface area contributed by atoms with Crippen molar-refractivity contribution in [2.75, 3.05) is 19.5 Å². The number of carbonyl (C=O) groups excluding carboxylic acids is 1. The quantitative estimate of drug-likeness (QED) is 0.273. The van der Waals surface area contributed by atoms with E-state index in [4.69, 9.17) is 14.2 Å². The lowest BCUT2D eigenvalue weighted by Gasteiger charge is -2.13. The number of benzene rings is 3. The lowest BCUT2D eigenvalue weighted by atomic mass is 10.0. The maximum absolute atomic E-state index is 15.1. The Morgan fingerprint density at radius 1 is 0.900 bits per heavy atom. The maximum Gasteiger partial charge on any atom is 0.280 e. The summed E-state index contributed by atoms with van der Waals surface area (Å²) in [5.41, 5.74) is 0.537. The van der Waals surface area contributed by atoms with Gasteiger partial charge < -0.3 is 19.5 Å². The second-order valence-electron chi connectivity index (χ2n) is 8.64. The summed E-state index contributed by atoms with van der Waals surface area (Å²) >= 11 is 0. The molecule has 9 nitrogen and oxygen atoms in total. The molecule has 2 N–H and O–H groups in total. The Morgan fingerprint density at radius 2 is 1.62 bits per heavy atom. The third-order valence-corrected chi connectivity index (χ3v) is 6.12. The van der Waals surface area contributed by atoms with Crippen LogP contribution < -0.4 is 25.0 Å². The van der Waals surface area contributed by atoms with E-state index < -0.39 is 28.7 Å². The molecule has 5 rings (SSSR count). The summed E-state index contributed by atoms with van der Waals surface area (Å²) in [7, 11) is 3.01. The zero-order chi connectivity index (χ0) is 28.4. The van der Waals surface area contributed by atoms with Gasteiger partial charge in [0.2, 0.25) is 5.43 Å². The Kier molecular flexibility index (Phi) is 7.11. The molecular formula is C29H22F2N4O5. The van der Waals surface area contributed by atoms with Crippen LogP contribution in [0.5, 0.6) is 23.0 Å². The highest BCUT2D eigenvalue weighted by atomic mass is 19.1. The first-order valence-electron chi connectivity index (χ1n) is 11.9. The maximum atomic E-state index is 15.1. The summed E-state index contributed by atoms with van der Waals surface area (Å²) in [5.74, 6) is -0.918. The highest BCUT2D eigenvalue weighted by Gasteiger charge is 2.20. The number of pyridine rings is 1. The average Bonchev–Trinajstić information content (AvgIpc) is 2.94. The van der Waals surface area contributed by atoms with Gasteiger partial charge in [0.1, 0.15) is 11.6 Å². The van der Waals surface area contributed by atoms with E-state index in [1.165, 1.54) is 56.8 Å². The Bertz CT molecular complexity index is 1810. The number of H-pyrrole nitrogens is 1. The highest BCUT2D eigenvalue weighted by molar-refractivity contribution is 6.03. The van der Waals surface area contributed by atoms with Gasteiger partial charge in [-0.2, -0.15) is 5.10 Å². The van der Waals surface area contributed by atoms with Gasteiger partial charge in [-0.3, -0.25) is 19.7 Å². The lowest BCUT2D eigenvalue weighted by molar-refractivity contribution is 0.102. The van der Waals surface area contributed by atoms with Crippen molar-refractivity contribution < 1.29 is 27.8 Å². The van der Waals surface area contributed by atoms with Gasteiger partial charge in [0.25, 0.3) is 5.91 Å². The fourth-order valence-electron chi connectivity index (χ4n) is 4.16. The number of ether oxygens (including phenoxy) is 3. The summed E-state index contributed by atoms with van der Waals surface area (Å²) in [6, 6.07) is 14.0. The van der Waals surface area contributed by atoms with Crippen molar-refractivity contribution in [3.8, 4) is 34.1 Å². The first kappa shape index (κ1) is 26.3. The number of hydrogen-bond acceptors (Lipinski definition) is 7. The minimum Gasteiger partial charge on any atom is -0.493 e. The minimum absolute atomic E-state index is 0.0750. The molecule has 0 aliphatic carbocycles. The summed E-state index contributed by atoms with van der Waals surface area (Å²) < 4.78 is 44.9. The van der Waals surface area contributed by atoms with Crippen molar-refractivity contribution in [2.24, 2.45) is 0 Å².